The molecule has 0 radical (unpaired) electrons. The summed E-state index contributed by atoms with van der Waals surface area (Å²) < 4.78 is 0. The van der Waals surface area contributed by atoms with Crippen molar-refractivity contribution < 1.29 is 0 Å². The lowest BCUT2D eigenvalue weighted by Crippen LogP contribution is -2.53. The van der Waals surface area contributed by atoms with Gasteiger partial charge in [-0.2, -0.15) is 0 Å². The Hall–Kier alpha value is -0.160. The molecule has 2 atom stereocenters. The third kappa shape index (κ3) is 3.65. The van der Waals surface area contributed by atoms with E-state index in [2.05, 4.69) is 42.9 Å². The zero-order chi connectivity index (χ0) is 11.7. The average molecular weight is 276 g/mol. The maximum Gasteiger partial charge on any atom is 0.0900 e. The Morgan fingerprint density at radius 3 is 2.71 bits per heavy atom. The van der Waals surface area contributed by atoms with Gasteiger partial charge in [0.05, 0.1) is 10.7 Å². The fraction of sp³-hybridized carbons (Fsp3) is 0.750. The fourth-order valence-electron chi connectivity index (χ4n) is 2.22. The molecule has 3 nitrogen and oxygen atoms in total. The summed E-state index contributed by atoms with van der Waals surface area (Å²) in [6, 6.07) is 1.23. The molecule has 1 aromatic heterocycles. The molecule has 1 aliphatic heterocycles. The first-order chi connectivity index (χ1) is 7.56. The van der Waals surface area contributed by atoms with Gasteiger partial charge in [-0.3, -0.25) is 4.90 Å². The van der Waals surface area contributed by atoms with Gasteiger partial charge in [0.25, 0.3) is 0 Å². The first kappa shape index (κ1) is 14.9. The number of hydrogen-bond donors (Lipinski definition) is 1. The van der Waals surface area contributed by atoms with Crippen molar-refractivity contribution in [2.75, 3.05) is 13.1 Å². The summed E-state index contributed by atoms with van der Waals surface area (Å²) in [7, 11) is 0. The minimum Gasteiger partial charge on any atom is -0.311 e. The molecular weight excluding hydrogens is 254 g/mol. The van der Waals surface area contributed by atoms with Gasteiger partial charge in [-0.05, 0) is 27.7 Å². The maximum atomic E-state index is 4.50. The number of halogens is 1. The van der Waals surface area contributed by atoms with E-state index in [9.17, 15) is 0 Å². The Labute approximate surface area is 114 Å². The summed E-state index contributed by atoms with van der Waals surface area (Å²) in [4.78, 5) is 8.48. The lowest BCUT2D eigenvalue weighted by Gasteiger charge is -2.37. The molecule has 2 rings (SSSR count). The molecule has 0 aliphatic carbocycles. The van der Waals surface area contributed by atoms with Crippen molar-refractivity contribution >= 4 is 23.7 Å². The van der Waals surface area contributed by atoms with Crippen molar-refractivity contribution in [3.05, 3.63) is 15.6 Å². The van der Waals surface area contributed by atoms with Crippen LogP contribution in [0.1, 0.15) is 29.4 Å². The van der Waals surface area contributed by atoms with Crippen LogP contribution in [0.3, 0.4) is 0 Å². The van der Waals surface area contributed by atoms with Crippen molar-refractivity contribution in [1.29, 1.82) is 0 Å². The molecule has 2 heterocycles. The molecule has 0 spiro atoms. The van der Waals surface area contributed by atoms with E-state index in [4.69, 9.17) is 0 Å². The Kier molecular flexibility index (Phi) is 5.38. The quantitative estimate of drug-likeness (QED) is 0.898. The average Bonchev–Trinajstić information content (AvgIpc) is 2.51. The molecule has 0 saturated carbocycles. The second kappa shape index (κ2) is 6.14. The molecule has 98 valence electrons. The molecule has 1 N–H and O–H groups in total. The zero-order valence-corrected chi connectivity index (χ0v) is 12.6. The molecule has 5 heteroatoms. The van der Waals surface area contributed by atoms with E-state index < -0.39 is 0 Å². The number of aromatic nitrogens is 1. The van der Waals surface area contributed by atoms with Crippen LogP contribution >= 0.6 is 23.7 Å². The van der Waals surface area contributed by atoms with Crippen molar-refractivity contribution in [3.63, 3.8) is 0 Å². The minimum absolute atomic E-state index is 0. The second-order valence-corrected chi connectivity index (χ2v) is 6.12. The molecule has 2 unspecified atom stereocenters. The van der Waals surface area contributed by atoms with Gasteiger partial charge in [-0.1, -0.05) is 0 Å². The summed E-state index contributed by atoms with van der Waals surface area (Å²) in [5.41, 5.74) is 1.21. The van der Waals surface area contributed by atoms with E-state index in [1.807, 2.05) is 11.3 Å². The van der Waals surface area contributed by atoms with E-state index in [0.717, 1.165) is 19.6 Å². The van der Waals surface area contributed by atoms with Crippen molar-refractivity contribution in [3.8, 4) is 0 Å². The highest BCUT2D eigenvalue weighted by Gasteiger charge is 2.23. The van der Waals surface area contributed by atoms with Crippen LogP contribution in [0.5, 0.6) is 0 Å². The maximum absolute atomic E-state index is 4.50. The van der Waals surface area contributed by atoms with E-state index in [1.54, 1.807) is 0 Å². The first-order valence-electron chi connectivity index (χ1n) is 5.96. The Morgan fingerprint density at radius 2 is 2.12 bits per heavy atom. The lowest BCUT2D eigenvalue weighted by atomic mass is 10.1. The van der Waals surface area contributed by atoms with Crippen LogP contribution in [0.4, 0.5) is 0 Å². The van der Waals surface area contributed by atoms with E-state index in [-0.39, 0.29) is 12.4 Å². The van der Waals surface area contributed by atoms with Crippen molar-refractivity contribution in [1.82, 2.24) is 15.2 Å². The van der Waals surface area contributed by atoms with Gasteiger partial charge < -0.3 is 5.32 Å². The number of thiazole rings is 1. The summed E-state index contributed by atoms with van der Waals surface area (Å²) in [5, 5.41) is 4.70. The van der Waals surface area contributed by atoms with Gasteiger partial charge in [-0.15, -0.1) is 23.7 Å². The summed E-state index contributed by atoms with van der Waals surface area (Å²) >= 11 is 1.84. The van der Waals surface area contributed by atoms with Crippen molar-refractivity contribution in [2.24, 2.45) is 0 Å². The third-order valence-electron chi connectivity index (χ3n) is 3.24. The number of piperazine rings is 1. The number of hydrogen-bond acceptors (Lipinski definition) is 4. The molecule has 1 saturated heterocycles. The third-order valence-corrected chi connectivity index (χ3v) is 4.30. The topological polar surface area (TPSA) is 28.2 Å². The number of nitrogens with one attached hydrogen (secondary N) is 1. The SMILES string of the molecule is Cc1nc(C)c(CN2CC(C)NCC2C)s1.Cl. The van der Waals surface area contributed by atoms with Gasteiger partial charge in [-0.25, -0.2) is 4.98 Å². The van der Waals surface area contributed by atoms with Crippen LogP contribution in [0.15, 0.2) is 0 Å². The highest BCUT2D eigenvalue weighted by molar-refractivity contribution is 7.11. The van der Waals surface area contributed by atoms with Crippen LogP contribution in [-0.2, 0) is 6.54 Å². The van der Waals surface area contributed by atoms with Gasteiger partial charge in [0.15, 0.2) is 0 Å². The number of nitrogens with zero attached hydrogens (tertiary/aromatic N) is 2. The summed E-state index contributed by atoms with van der Waals surface area (Å²) in [6.07, 6.45) is 0. The lowest BCUT2D eigenvalue weighted by molar-refractivity contribution is 0.140. The Balaban J connectivity index is 0.00000144. The van der Waals surface area contributed by atoms with Gasteiger partial charge in [0, 0.05) is 36.6 Å². The molecule has 1 aromatic rings. The predicted molar refractivity (Wildman–Crippen MR) is 76.2 cm³/mol. The number of aryl methyl sites for hydroxylation is 2. The standard InChI is InChI=1S/C12H21N3S.ClH/c1-8-6-15(9(2)5-13-8)7-12-10(3)14-11(4)16-12;/h8-9,13H,5-7H2,1-4H3;1H. The smallest absolute Gasteiger partial charge is 0.0900 e. The van der Waals surface area contributed by atoms with Gasteiger partial charge >= 0.3 is 0 Å². The van der Waals surface area contributed by atoms with Crippen molar-refractivity contribution in [2.45, 2.75) is 46.3 Å². The molecule has 0 amide bonds. The Morgan fingerprint density at radius 1 is 1.41 bits per heavy atom. The predicted octanol–water partition coefficient (Wildman–Crippen LogP) is 2.36. The molecule has 1 aliphatic rings. The fourth-order valence-corrected chi connectivity index (χ4v) is 3.19. The summed E-state index contributed by atoms with van der Waals surface area (Å²) in [6.45, 7) is 12.0. The number of rotatable bonds is 2. The highest BCUT2D eigenvalue weighted by atomic mass is 35.5. The van der Waals surface area contributed by atoms with Crippen LogP contribution < -0.4 is 5.32 Å². The monoisotopic (exact) mass is 275 g/mol. The first-order valence-corrected chi connectivity index (χ1v) is 6.78. The highest BCUT2D eigenvalue weighted by Crippen LogP contribution is 2.21. The van der Waals surface area contributed by atoms with Gasteiger partial charge in [0.2, 0.25) is 0 Å². The normalized spacial score (nSPS) is 25.6. The Bertz CT molecular complexity index is 367. The summed E-state index contributed by atoms with van der Waals surface area (Å²) in [5.74, 6) is 0. The molecule has 0 bridgehead atoms. The molecule has 1 fully saturated rings. The second-order valence-electron chi connectivity index (χ2n) is 4.83. The van der Waals surface area contributed by atoms with Crippen LogP contribution in [0.2, 0.25) is 0 Å². The van der Waals surface area contributed by atoms with E-state index >= 15 is 0 Å². The van der Waals surface area contributed by atoms with Gasteiger partial charge in [0.1, 0.15) is 0 Å². The largest absolute Gasteiger partial charge is 0.311 e. The zero-order valence-electron chi connectivity index (χ0n) is 11.0. The van der Waals surface area contributed by atoms with Crippen LogP contribution in [0.25, 0.3) is 0 Å². The van der Waals surface area contributed by atoms with E-state index in [0.29, 0.717) is 12.1 Å². The molecule has 0 aromatic carbocycles. The molecule has 17 heavy (non-hydrogen) atoms. The van der Waals surface area contributed by atoms with E-state index in [1.165, 1.54) is 15.6 Å². The van der Waals surface area contributed by atoms with Crippen LogP contribution in [0, 0.1) is 13.8 Å². The molecular formula is C12H22ClN3S. The van der Waals surface area contributed by atoms with Crippen LogP contribution in [-0.4, -0.2) is 35.1 Å². The minimum atomic E-state index is 0.